The summed E-state index contributed by atoms with van der Waals surface area (Å²) >= 11 is 0. The molecule has 1 spiro atoms. The number of esters is 1. The lowest BCUT2D eigenvalue weighted by molar-refractivity contribution is -0.119. The quantitative estimate of drug-likeness (QED) is 0.0188. The van der Waals surface area contributed by atoms with E-state index in [2.05, 4.69) is 10.6 Å². The second-order valence-electron chi connectivity index (χ2n) is 12.5. The van der Waals surface area contributed by atoms with Crippen molar-refractivity contribution in [2.45, 2.75) is 28.4 Å². The number of fused-ring (bicyclic) bond motifs is 6. The Morgan fingerprint density at radius 1 is 0.944 bits per heavy atom. The smallest absolute Gasteiger partial charge is 0.340 e. The highest BCUT2D eigenvalue weighted by Gasteiger charge is 2.58. The maximum atomic E-state index is 13.7. The number of anilines is 2. The Labute approximate surface area is 311 Å². The molecule has 54 heavy (non-hydrogen) atoms. The van der Waals surface area contributed by atoms with Gasteiger partial charge in [-0.15, -0.1) is 8.67 Å². The van der Waals surface area contributed by atoms with Crippen LogP contribution in [0.3, 0.4) is 0 Å². The number of rotatable bonds is 16. The second kappa shape index (κ2) is 15.5. The van der Waals surface area contributed by atoms with Crippen molar-refractivity contribution >= 4 is 50.9 Å². The van der Waals surface area contributed by atoms with Crippen LogP contribution in [0.1, 0.15) is 44.3 Å². The van der Waals surface area contributed by atoms with Gasteiger partial charge in [-0.25, -0.2) is 9.80 Å². The maximum absolute atomic E-state index is 13.7. The summed E-state index contributed by atoms with van der Waals surface area (Å²) in [7, 11) is -7.92. The molecule has 2 unspecified atom stereocenters. The van der Waals surface area contributed by atoms with Gasteiger partial charge in [0.2, 0.25) is 5.91 Å². The number of amides is 2. The number of nitrogen functional groups attached to an aromatic ring is 2. The largest absolute Gasteiger partial charge is 0.453 e. The van der Waals surface area contributed by atoms with Gasteiger partial charge in [-0.3, -0.25) is 15.4 Å². The summed E-state index contributed by atoms with van der Waals surface area (Å²) in [6.07, 6.45) is 0. The standard InChI is InChI=1S/C32H41N7O13S2/c1-17(40)37-8-10-47-12-13-48-11-9-39(36)16-19(33)15-38-30(41)18-2-3-21-20(14-18)31(42)50-32(21)22-4-6-24(34)28(53(43,44)45)26(22)49-27-23(32)5-7-25(35)29(27)54(46)51-52-54/h2-7,14,19,43-46H,8-13,15-16,33-36H2,1H3,(H,37,40)(H,38,41). The van der Waals surface area contributed by atoms with Crippen LogP contribution in [-0.2, 0) is 33.3 Å². The molecule has 3 aliphatic heterocycles. The van der Waals surface area contributed by atoms with E-state index in [9.17, 15) is 32.6 Å². The zero-order valence-electron chi connectivity index (χ0n) is 28.8. The minimum absolute atomic E-state index is 0.0191. The highest BCUT2D eigenvalue weighted by molar-refractivity contribution is 8.24. The van der Waals surface area contributed by atoms with E-state index < -0.39 is 50.2 Å². The van der Waals surface area contributed by atoms with Gasteiger partial charge in [-0.1, -0.05) is 6.07 Å². The number of ether oxygens (including phenoxy) is 4. The Kier molecular flexibility index (Phi) is 11.3. The molecule has 0 aromatic heterocycles. The van der Waals surface area contributed by atoms with Crippen molar-refractivity contribution in [3.05, 3.63) is 70.3 Å². The summed E-state index contributed by atoms with van der Waals surface area (Å²) in [5, 5.41) is 6.82. The average Bonchev–Trinajstić information content (AvgIpc) is 3.78. The van der Waals surface area contributed by atoms with Gasteiger partial charge in [0.15, 0.2) is 28.0 Å². The maximum Gasteiger partial charge on any atom is 0.340 e. The van der Waals surface area contributed by atoms with Crippen LogP contribution in [0.4, 0.5) is 11.4 Å². The summed E-state index contributed by atoms with van der Waals surface area (Å²) in [5.41, 5.74) is 16.8. The molecule has 0 bridgehead atoms. The van der Waals surface area contributed by atoms with Crippen LogP contribution >= 0.6 is 21.7 Å². The van der Waals surface area contributed by atoms with E-state index in [4.69, 9.17) is 50.7 Å². The van der Waals surface area contributed by atoms with Crippen LogP contribution in [-0.4, -0.2) is 99.7 Å². The fourth-order valence-corrected chi connectivity index (χ4v) is 8.08. The summed E-state index contributed by atoms with van der Waals surface area (Å²) < 4.78 is 74.9. The van der Waals surface area contributed by atoms with Crippen molar-refractivity contribution in [1.29, 1.82) is 0 Å². The number of nitrogens with two attached hydrogens (primary N) is 4. The molecule has 0 saturated carbocycles. The van der Waals surface area contributed by atoms with Crippen molar-refractivity contribution in [1.82, 2.24) is 15.6 Å². The third-order valence-electron chi connectivity index (χ3n) is 8.61. The van der Waals surface area contributed by atoms with Crippen LogP contribution in [0.5, 0.6) is 11.5 Å². The van der Waals surface area contributed by atoms with E-state index in [0.717, 1.165) is 0 Å². The predicted octanol–water partition coefficient (Wildman–Crippen LogP) is 1.83. The first kappa shape index (κ1) is 39.4. The van der Waals surface area contributed by atoms with Crippen molar-refractivity contribution in [3.8, 4) is 11.5 Å². The highest BCUT2D eigenvalue weighted by Crippen LogP contribution is 2.74. The first-order valence-corrected chi connectivity index (χ1v) is 19.3. The summed E-state index contributed by atoms with van der Waals surface area (Å²) in [4.78, 5) is 37.1. The molecular formula is C32H41N7O13S2. The highest BCUT2D eigenvalue weighted by atomic mass is 32.3. The molecule has 0 radical (unpaired) electrons. The van der Waals surface area contributed by atoms with Gasteiger partial charge in [0.1, 0.15) is 20.7 Å². The van der Waals surface area contributed by atoms with Crippen LogP contribution in [0.2, 0.25) is 0 Å². The lowest BCUT2D eigenvalue weighted by Gasteiger charge is -2.39. The molecule has 3 aromatic rings. The molecule has 22 heteroatoms. The molecule has 20 nitrogen and oxygen atoms in total. The number of carbonyl (C=O) groups is 3. The van der Waals surface area contributed by atoms with Gasteiger partial charge in [0.25, 0.3) is 5.91 Å². The Morgan fingerprint density at radius 2 is 1.59 bits per heavy atom. The molecule has 3 aliphatic rings. The second-order valence-corrected chi connectivity index (χ2v) is 15.5. The zero-order valence-corrected chi connectivity index (χ0v) is 30.4. The summed E-state index contributed by atoms with van der Waals surface area (Å²) in [6, 6.07) is 9.31. The van der Waals surface area contributed by atoms with Crippen molar-refractivity contribution in [2.24, 2.45) is 11.6 Å². The van der Waals surface area contributed by atoms with E-state index in [0.29, 0.717) is 39.5 Å². The van der Waals surface area contributed by atoms with Gasteiger partial charge >= 0.3 is 5.97 Å². The normalized spacial score (nSPS) is 19.2. The van der Waals surface area contributed by atoms with Gasteiger partial charge in [-0.2, -0.15) is 0 Å². The molecule has 2 amide bonds. The van der Waals surface area contributed by atoms with Crippen molar-refractivity contribution < 1.29 is 60.2 Å². The molecule has 294 valence electrons. The molecule has 6 rings (SSSR count). The van der Waals surface area contributed by atoms with Crippen LogP contribution in [0.15, 0.2) is 52.3 Å². The SMILES string of the molecule is CC(=O)NCCOCCOCCN(N)CC(N)CNC(=O)c1ccc2c(c1)C(=O)OC21c2ccc(N)c(S(O)(O)O)c2Oc2c1ccc(N)c2S1(O)OO1. The molecule has 1 saturated heterocycles. The lowest BCUT2D eigenvalue weighted by Crippen LogP contribution is -2.48. The topological polar surface area (TPSA) is 325 Å². The molecule has 2 atom stereocenters. The monoisotopic (exact) mass is 795 g/mol. The molecular weight excluding hydrogens is 755 g/mol. The number of hydrazine groups is 1. The fourth-order valence-electron chi connectivity index (χ4n) is 6.20. The zero-order chi connectivity index (χ0) is 39.0. The third kappa shape index (κ3) is 7.78. The van der Waals surface area contributed by atoms with Crippen LogP contribution in [0, 0.1) is 0 Å². The van der Waals surface area contributed by atoms with Crippen molar-refractivity contribution in [3.63, 3.8) is 0 Å². The molecule has 14 N–H and O–H groups in total. The number of hydrogen-bond acceptors (Lipinski definition) is 18. The lowest BCUT2D eigenvalue weighted by atomic mass is 9.77. The number of benzene rings is 3. The van der Waals surface area contributed by atoms with Crippen molar-refractivity contribution in [2.75, 3.05) is 64.1 Å². The Balaban J connectivity index is 1.17. The Hall–Kier alpha value is -4.27. The minimum Gasteiger partial charge on any atom is -0.453 e. The van der Waals surface area contributed by atoms with E-state index in [1.807, 2.05) is 0 Å². The Bertz CT molecular complexity index is 1900. The van der Waals surface area contributed by atoms with Crippen LogP contribution < -0.4 is 38.4 Å². The average molecular weight is 796 g/mol. The minimum atomic E-state index is -4.54. The molecule has 1 fully saturated rings. The first-order valence-electron chi connectivity index (χ1n) is 16.4. The van der Waals surface area contributed by atoms with Gasteiger partial charge in [-0.05, 0) is 36.4 Å². The number of nitrogens with one attached hydrogen (secondary N) is 2. The predicted molar refractivity (Wildman–Crippen MR) is 194 cm³/mol. The van der Waals surface area contributed by atoms with E-state index >= 15 is 0 Å². The van der Waals surface area contributed by atoms with Gasteiger partial charge in [0, 0.05) is 61.4 Å². The molecule has 3 aromatic carbocycles. The molecule has 3 heterocycles. The number of nitrogens with zero attached hydrogens (tertiary/aromatic N) is 1. The van der Waals surface area contributed by atoms with E-state index in [1.54, 1.807) is 0 Å². The number of hydrogen-bond donors (Lipinski definition) is 10. The van der Waals surface area contributed by atoms with Gasteiger partial charge in [0.05, 0.1) is 43.4 Å². The van der Waals surface area contributed by atoms with E-state index in [1.165, 1.54) is 54.4 Å². The summed E-state index contributed by atoms with van der Waals surface area (Å²) in [5.74, 6) is 3.94. The Morgan fingerprint density at radius 3 is 2.26 bits per heavy atom. The summed E-state index contributed by atoms with van der Waals surface area (Å²) in [6.45, 7) is 3.85. The number of carbonyl (C=O) groups excluding carboxylic acids is 3. The first-order chi connectivity index (χ1) is 25.6. The third-order valence-corrected chi connectivity index (χ3v) is 10.9. The van der Waals surface area contributed by atoms with Gasteiger partial charge < -0.3 is 65.0 Å². The van der Waals surface area contributed by atoms with Crippen LogP contribution in [0.25, 0.3) is 0 Å². The van der Waals surface area contributed by atoms with E-state index in [-0.39, 0.29) is 74.6 Å². The molecule has 0 aliphatic carbocycles. The fraction of sp³-hybridized carbons (Fsp3) is 0.344.